The highest BCUT2D eigenvalue weighted by Crippen LogP contribution is 2.25. The van der Waals surface area contributed by atoms with Crippen molar-refractivity contribution in [2.24, 2.45) is 0 Å². The fourth-order valence-electron chi connectivity index (χ4n) is 1.13. The summed E-state index contributed by atoms with van der Waals surface area (Å²) in [4.78, 5) is 0. The number of aliphatic hydroxyl groups is 1. The molecule has 0 heterocycles. The van der Waals surface area contributed by atoms with E-state index in [-0.39, 0.29) is 11.3 Å². The van der Waals surface area contributed by atoms with Crippen LogP contribution in [0.5, 0.6) is 5.75 Å². The second-order valence-corrected chi connectivity index (χ2v) is 3.02. The summed E-state index contributed by atoms with van der Waals surface area (Å²) in [6.45, 7) is 3.31. The molecule has 0 saturated carbocycles. The zero-order valence-corrected chi connectivity index (χ0v) is 7.57. The summed E-state index contributed by atoms with van der Waals surface area (Å²) in [5.41, 5.74) is 1.46. The predicted octanol–water partition coefficient (Wildman–Crippen LogP) is 1.63. The van der Waals surface area contributed by atoms with Crippen LogP contribution in [0, 0.1) is 18.3 Å². The van der Waals surface area contributed by atoms with E-state index in [9.17, 15) is 10.2 Å². The molecule has 0 spiro atoms. The zero-order chi connectivity index (χ0) is 10.0. The first-order chi connectivity index (χ1) is 6.06. The van der Waals surface area contributed by atoms with Crippen molar-refractivity contribution in [3.8, 4) is 11.8 Å². The Morgan fingerprint density at radius 1 is 1.46 bits per heavy atom. The Kier molecular flexibility index (Phi) is 2.54. The molecular weight excluding hydrogens is 166 g/mol. The number of rotatable bonds is 1. The number of aliphatic hydroxyl groups excluding tert-OH is 1. The normalized spacial score (nSPS) is 12.2. The topological polar surface area (TPSA) is 64.2 Å². The van der Waals surface area contributed by atoms with Crippen molar-refractivity contribution < 1.29 is 10.2 Å². The van der Waals surface area contributed by atoms with Crippen molar-refractivity contribution in [3.63, 3.8) is 0 Å². The van der Waals surface area contributed by atoms with Gasteiger partial charge in [-0.05, 0) is 37.1 Å². The smallest absolute Gasteiger partial charge is 0.136 e. The molecule has 1 atom stereocenters. The maximum Gasteiger partial charge on any atom is 0.136 e. The molecule has 0 bridgehead atoms. The van der Waals surface area contributed by atoms with Crippen molar-refractivity contribution in [1.82, 2.24) is 0 Å². The van der Waals surface area contributed by atoms with Crippen LogP contribution in [-0.2, 0) is 0 Å². The number of nitrogens with zero attached hydrogens (tertiary/aromatic N) is 1. The fraction of sp³-hybridized carbons (Fsp3) is 0.300. The summed E-state index contributed by atoms with van der Waals surface area (Å²) in [5, 5.41) is 27.3. The Balaban J connectivity index is 3.32. The Hall–Kier alpha value is -1.53. The third-order valence-electron chi connectivity index (χ3n) is 1.93. The van der Waals surface area contributed by atoms with Gasteiger partial charge in [-0.15, -0.1) is 0 Å². The van der Waals surface area contributed by atoms with E-state index in [1.165, 1.54) is 6.07 Å². The molecule has 0 radical (unpaired) electrons. The van der Waals surface area contributed by atoms with Crippen LogP contribution >= 0.6 is 0 Å². The molecule has 0 aliphatic carbocycles. The third-order valence-corrected chi connectivity index (χ3v) is 1.93. The Bertz CT molecular complexity index is 364. The van der Waals surface area contributed by atoms with E-state index in [0.717, 1.165) is 0 Å². The van der Waals surface area contributed by atoms with Crippen LogP contribution in [0.15, 0.2) is 12.1 Å². The Labute approximate surface area is 76.9 Å². The summed E-state index contributed by atoms with van der Waals surface area (Å²) < 4.78 is 0. The molecular formula is C10H11NO2. The number of nitriles is 1. The zero-order valence-electron chi connectivity index (χ0n) is 7.57. The molecule has 3 heteroatoms. The lowest BCUT2D eigenvalue weighted by Crippen LogP contribution is -1.93. The van der Waals surface area contributed by atoms with E-state index >= 15 is 0 Å². The number of hydrogen-bond donors (Lipinski definition) is 2. The first-order valence-electron chi connectivity index (χ1n) is 3.98. The molecule has 0 aromatic heterocycles. The lowest BCUT2D eigenvalue weighted by molar-refractivity contribution is 0.199. The molecule has 0 saturated heterocycles. The van der Waals surface area contributed by atoms with Crippen molar-refractivity contribution in [3.05, 3.63) is 28.8 Å². The highest BCUT2D eigenvalue weighted by molar-refractivity contribution is 5.49. The molecule has 0 fully saturated rings. The average Bonchev–Trinajstić information content (AvgIpc) is 2.09. The minimum absolute atomic E-state index is 0.00750. The Morgan fingerprint density at radius 2 is 2.08 bits per heavy atom. The minimum atomic E-state index is -0.619. The van der Waals surface area contributed by atoms with Crippen LogP contribution in [0.25, 0.3) is 0 Å². The van der Waals surface area contributed by atoms with Gasteiger partial charge >= 0.3 is 0 Å². The van der Waals surface area contributed by atoms with Crippen molar-refractivity contribution in [2.45, 2.75) is 20.0 Å². The number of aromatic hydroxyl groups is 1. The molecule has 0 amide bonds. The number of phenols is 1. The van der Waals surface area contributed by atoms with E-state index in [0.29, 0.717) is 11.1 Å². The number of hydrogen-bond acceptors (Lipinski definition) is 3. The number of benzene rings is 1. The SMILES string of the molecule is Cc1cc(C(C)O)cc(C#N)c1O. The van der Waals surface area contributed by atoms with Crippen molar-refractivity contribution in [1.29, 1.82) is 5.26 Å². The van der Waals surface area contributed by atoms with Gasteiger partial charge in [0, 0.05) is 0 Å². The van der Waals surface area contributed by atoms with Crippen LogP contribution in [0.4, 0.5) is 0 Å². The first kappa shape index (κ1) is 9.56. The molecule has 1 unspecified atom stereocenters. The van der Waals surface area contributed by atoms with Crippen LogP contribution in [0.1, 0.15) is 29.7 Å². The van der Waals surface area contributed by atoms with Gasteiger partial charge < -0.3 is 10.2 Å². The summed E-state index contributed by atoms with van der Waals surface area (Å²) in [5.74, 6) is -0.00750. The van der Waals surface area contributed by atoms with E-state index in [1.54, 1.807) is 19.9 Å². The highest BCUT2D eigenvalue weighted by atomic mass is 16.3. The van der Waals surface area contributed by atoms with E-state index < -0.39 is 6.10 Å². The molecule has 1 aromatic rings. The summed E-state index contributed by atoms with van der Waals surface area (Å²) >= 11 is 0. The van der Waals surface area contributed by atoms with Gasteiger partial charge in [-0.25, -0.2) is 0 Å². The van der Waals surface area contributed by atoms with Gasteiger partial charge in [0.2, 0.25) is 0 Å². The average molecular weight is 177 g/mol. The monoisotopic (exact) mass is 177 g/mol. The molecule has 2 N–H and O–H groups in total. The summed E-state index contributed by atoms with van der Waals surface area (Å²) in [6, 6.07) is 5.03. The molecule has 1 aromatic carbocycles. The van der Waals surface area contributed by atoms with Gasteiger partial charge in [-0.3, -0.25) is 0 Å². The maximum absolute atomic E-state index is 9.40. The van der Waals surface area contributed by atoms with Gasteiger partial charge in [0.1, 0.15) is 11.8 Å². The lowest BCUT2D eigenvalue weighted by Gasteiger charge is -2.08. The number of aryl methyl sites for hydroxylation is 1. The van der Waals surface area contributed by atoms with Gasteiger partial charge in [-0.2, -0.15) is 5.26 Å². The van der Waals surface area contributed by atoms with Crippen LogP contribution in [-0.4, -0.2) is 10.2 Å². The fourth-order valence-corrected chi connectivity index (χ4v) is 1.13. The van der Waals surface area contributed by atoms with E-state index in [4.69, 9.17) is 5.26 Å². The van der Waals surface area contributed by atoms with Crippen LogP contribution in [0.3, 0.4) is 0 Å². The van der Waals surface area contributed by atoms with E-state index in [2.05, 4.69) is 0 Å². The first-order valence-corrected chi connectivity index (χ1v) is 3.98. The predicted molar refractivity (Wildman–Crippen MR) is 48.2 cm³/mol. The molecule has 13 heavy (non-hydrogen) atoms. The van der Waals surface area contributed by atoms with Gasteiger partial charge in [-0.1, -0.05) is 0 Å². The summed E-state index contributed by atoms with van der Waals surface area (Å²) in [7, 11) is 0. The van der Waals surface area contributed by atoms with Crippen LogP contribution in [0.2, 0.25) is 0 Å². The summed E-state index contributed by atoms with van der Waals surface area (Å²) in [6.07, 6.45) is -0.619. The van der Waals surface area contributed by atoms with Gasteiger partial charge in [0.25, 0.3) is 0 Å². The van der Waals surface area contributed by atoms with Crippen LogP contribution < -0.4 is 0 Å². The van der Waals surface area contributed by atoms with E-state index in [1.807, 2.05) is 6.07 Å². The molecule has 1 rings (SSSR count). The van der Waals surface area contributed by atoms with Gasteiger partial charge in [0.05, 0.1) is 11.7 Å². The molecule has 0 aliphatic heterocycles. The number of phenolic OH excluding ortho intramolecular Hbond substituents is 1. The second-order valence-electron chi connectivity index (χ2n) is 3.02. The minimum Gasteiger partial charge on any atom is -0.506 e. The van der Waals surface area contributed by atoms with Gasteiger partial charge in [0.15, 0.2) is 0 Å². The lowest BCUT2D eigenvalue weighted by atomic mass is 10.0. The highest BCUT2D eigenvalue weighted by Gasteiger charge is 2.08. The maximum atomic E-state index is 9.40. The van der Waals surface area contributed by atoms with Crippen molar-refractivity contribution >= 4 is 0 Å². The van der Waals surface area contributed by atoms with Crippen molar-refractivity contribution in [2.75, 3.05) is 0 Å². The largest absolute Gasteiger partial charge is 0.506 e. The molecule has 68 valence electrons. The molecule has 0 aliphatic rings. The third kappa shape index (κ3) is 1.79. The standard InChI is InChI=1S/C10H11NO2/c1-6-3-8(7(2)12)4-9(5-11)10(6)13/h3-4,7,12-13H,1-2H3. The Morgan fingerprint density at radius 3 is 2.54 bits per heavy atom. The molecule has 3 nitrogen and oxygen atoms in total. The quantitative estimate of drug-likeness (QED) is 0.685. The second kappa shape index (κ2) is 3.46.